The number of hydrogen-bond donors (Lipinski definition) is 2. The van der Waals surface area contributed by atoms with Crippen molar-refractivity contribution < 1.29 is 13.2 Å². The van der Waals surface area contributed by atoms with E-state index in [1.165, 1.54) is 0 Å². The molecule has 0 radical (unpaired) electrons. The highest BCUT2D eigenvalue weighted by Crippen LogP contribution is 2.19. The van der Waals surface area contributed by atoms with Gasteiger partial charge in [0.1, 0.15) is 12.4 Å². The first-order chi connectivity index (χ1) is 9.48. The Morgan fingerprint density at radius 3 is 2.75 bits per heavy atom. The third-order valence-electron chi connectivity index (χ3n) is 2.63. The van der Waals surface area contributed by atoms with Gasteiger partial charge in [-0.3, -0.25) is 0 Å². The third kappa shape index (κ3) is 5.51. The standard InChI is InChI=1S/C14H20N2O3S/c1-3-7-12(4-2)16-20(17,18)11-10-19-14-9-6-5-8-13(14)15/h2,5-6,8-9,12,16H,3,7,10-11,15H2,1H3. The van der Waals surface area contributed by atoms with Crippen LogP contribution in [0.1, 0.15) is 19.8 Å². The maximum atomic E-state index is 11.8. The van der Waals surface area contributed by atoms with Gasteiger partial charge in [-0.15, -0.1) is 6.42 Å². The summed E-state index contributed by atoms with van der Waals surface area (Å²) in [6.45, 7) is 1.97. The van der Waals surface area contributed by atoms with E-state index in [1.54, 1.807) is 24.3 Å². The monoisotopic (exact) mass is 296 g/mol. The molecule has 1 rings (SSSR count). The van der Waals surface area contributed by atoms with Crippen molar-refractivity contribution >= 4 is 15.7 Å². The number of benzene rings is 1. The normalized spacial score (nSPS) is 12.6. The summed E-state index contributed by atoms with van der Waals surface area (Å²) >= 11 is 0. The Morgan fingerprint density at radius 1 is 1.45 bits per heavy atom. The number of nitrogen functional groups attached to an aromatic ring is 1. The van der Waals surface area contributed by atoms with Crippen molar-refractivity contribution in [1.82, 2.24) is 4.72 Å². The Balaban J connectivity index is 2.48. The van der Waals surface area contributed by atoms with E-state index >= 15 is 0 Å². The minimum absolute atomic E-state index is 0.0208. The molecule has 6 heteroatoms. The van der Waals surface area contributed by atoms with Crippen LogP contribution in [0.25, 0.3) is 0 Å². The zero-order chi connectivity index (χ0) is 15.0. The molecule has 20 heavy (non-hydrogen) atoms. The highest BCUT2D eigenvalue weighted by molar-refractivity contribution is 7.89. The molecule has 0 bridgehead atoms. The molecule has 0 spiro atoms. The highest BCUT2D eigenvalue weighted by Gasteiger charge is 2.15. The molecule has 0 heterocycles. The van der Waals surface area contributed by atoms with Gasteiger partial charge in [0, 0.05) is 0 Å². The van der Waals surface area contributed by atoms with E-state index in [1.807, 2.05) is 6.92 Å². The van der Waals surface area contributed by atoms with Crippen LogP contribution in [-0.4, -0.2) is 26.8 Å². The number of nitrogens with one attached hydrogen (secondary N) is 1. The largest absolute Gasteiger partial charge is 0.490 e. The lowest BCUT2D eigenvalue weighted by molar-refractivity contribution is 0.342. The molecule has 5 nitrogen and oxygen atoms in total. The highest BCUT2D eigenvalue weighted by atomic mass is 32.2. The second-order valence-corrected chi connectivity index (χ2v) is 6.20. The number of sulfonamides is 1. The van der Waals surface area contributed by atoms with E-state index in [0.717, 1.165) is 6.42 Å². The van der Waals surface area contributed by atoms with E-state index in [2.05, 4.69) is 10.6 Å². The van der Waals surface area contributed by atoms with Crippen LogP contribution in [0.5, 0.6) is 5.75 Å². The first-order valence-corrected chi connectivity index (χ1v) is 8.07. The SMILES string of the molecule is C#CC(CCC)NS(=O)(=O)CCOc1ccccc1N. The van der Waals surface area contributed by atoms with Crippen molar-refractivity contribution in [3.8, 4) is 18.1 Å². The fourth-order valence-electron chi connectivity index (χ4n) is 1.61. The topological polar surface area (TPSA) is 81.4 Å². The quantitative estimate of drug-likeness (QED) is 0.561. The molecule has 110 valence electrons. The van der Waals surface area contributed by atoms with Gasteiger partial charge >= 0.3 is 0 Å². The fraction of sp³-hybridized carbons (Fsp3) is 0.429. The lowest BCUT2D eigenvalue weighted by Crippen LogP contribution is -2.36. The van der Waals surface area contributed by atoms with Gasteiger partial charge in [-0.25, -0.2) is 13.1 Å². The van der Waals surface area contributed by atoms with Gasteiger partial charge in [-0.1, -0.05) is 31.4 Å². The summed E-state index contributed by atoms with van der Waals surface area (Å²) in [4.78, 5) is 0. The zero-order valence-electron chi connectivity index (χ0n) is 11.5. The van der Waals surface area contributed by atoms with Gasteiger partial charge in [0.15, 0.2) is 0 Å². The molecule has 0 saturated carbocycles. The van der Waals surface area contributed by atoms with E-state index in [9.17, 15) is 8.42 Å². The van der Waals surface area contributed by atoms with Gasteiger partial charge in [0.05, 0.1) is 17.5 Å². The van der Waals surface area contributed by atoms with Crippen LogP contribution in [0.2, 0.25) is 0 Å². The molecule has 0 aromatic heterocycles. The third-order valence-corrected chi connectivity index (χ3v) is 3.98. The average molecular weight is 296 g/mol. The molecule has 1 aromatic rings. The number of anilines is 1. The molecule has 1 aromatic carbocycles. The van der Waals surface area contributed by atoms with Gasteiger partial charge in [-0.2, -0.15) is 0 Å². The summed E-state index contributed by atoms with van der Waals surface area (Å²) in [5.41, 5.74) is 6.17. The second kappa shape index (κ2) is 7.78. The fourth-order valence-corrected chi connectivity index (χ4v) is 2.65. The van der Waals surface area contributed by atoms with E-state index in [4.69, 9.17) is 16.9 Å². The van der Waals surface area contributed by atoms with Gasteiger partial charge in [0.2, 0.25) is 10.0 Å². The summed E-state index contributed by atoms with van der Waals surface area (Å²) in [6.07, 6.45) is 6.71. The molecule has 0 saturated heterocycles. The summed E-state index contributed by atoms with van der Waals surface area (Å²) in [5.74, 6) is 2.74. The summed E-state index contributed by atoms with van der Waals surface area (Å²) in [5, 5.41) is 0. The second-order valence-electron chi connectivity index (χ2n) is 4.33. The minimum atomic E-state index is -3.46. The Kier molecular flexibility index (Phi) is 6.36. The molecule has 0 fully saturated rings. The van der Waals surface area contributed by atoms with Crippen molar-refractivity contribution in [2.75, 3.05) is 18.1 Å². The van der Waals surface area contributed by atoms with Crippen LogP contribution >= 0.6 is 0 Å². The van der Waals surface area contributed by atoms with E-state index in [-0.39, 0.29) is 12.4 Å². The average Bonchev–Trinajstić information content (AvgIpc) is 2.40. The maximum Gasteiger partial charge on any atom is 0.216 e. The van der Waals surface area contributed by atoms with Crippen LogP contribution in [0.3, 0.4) is 0 Å². The Morgan fingerprint density at radius 2 is 2.15 bits per heavy atom. The summed E-state index contributed by atoms with van der Waals surface area (Å²) in [6, 6.07) is 6.47. The molecule has 0 aliphatic carbocycles. The van der Waals surface area contributed by atoms with Crippen molar-refractivity contribution in [1.29, 1.82) is 0 Å². The minimum Gasteiger partial charge on any atom is -0.490 e. The first-order valence-electron chi connectivity index (χ1n) is 6.42. The zero-order valence-corrected chi connectivity index (χ0v) is 12.3. The molecular weight excluding hydrogens is 276 g/mol. The number of rotatable bonds is 8. The number of ether oxygens (including phenoxy) is 1. The number of nitrogens with two attached hydrogens (primary N) is 1. The summed E-state index contributed by atoms with van der Waals surface area (Å²) in [7, 11) is -3.46. The molecular formula is C14H20N2O3S. The lowest BCUT2D eigenvalue weighted by atomic mass is 10.2. The van der Waals surface area contributed by atoms with Crippen molar-refractivity contribution in [3.05, 3.63) is 24.3 Å². The van der Waals surface area contributed by atoms with Crippen molar-refractivity contribution in [2.45, 2.75) is 25.8 Å². The van der Waals surface area contributed by atoms with Crippen molar-refractivity contribution in [3.63, 3.8) is 0 Å². The smallest absolute Gasteiger partial charge is 0.216 e. The van der Waals surface area contributed by atoms with Crippen LogP contribution < -0.4 is 15.2 Å². The number of para-hydroxylation sites is 2. The van der Waals surface area contributed by atoms with Crippen LogP contribution in [0.4, 0.5) is 5.69 Å². The number of terminal acetylenes is 1. The molecule has 1 atom stereocenters. The van der Waals surface area contributed by atoms with Gasteiger partial charge in [-0.05, 0) is 18.6 Å². The maximum absolute atomic E-state index is 11.8. The Bertz CT molecular complexity index is 564. The molecule has 0 aliphatic rings. The Hall–Kier alpha value is -1.71. The van der Waals surface area contributed by atoms with E-state index < -0.39 is 16.1 Å². The van der Waals surface area contributed by atoms with Crippen LogP contribution in [0.15, 0.2) is 24.3 Å². The molecule has 0 amide bonds. The van der Waals surface area contributed by atoms with Crippen LogP contribution in [0, 0.1) is 12.3 Å². The predicted molar refractivity (Wildman–Crippen MR) is 80.8 cm³/mol. The van der Waals surface area contributed by atoms with Gasteiger partial charge in [0.25, 0.3) is 0 Å². The summed E-state index contributed by atoms with van der Waals surface area (Å²) < 4.78 is 31.5. The van der Waals surface area contributed by atoms with Crippen LogP contribution in [-0.2, 0) is 10.0 Å². The number of hydrogen-bond acceptors (Lipinski definition) is 4. The predicted octanol–water partition coefficient (Wildman–Crippen LogP) is 1.37. The lowest BCUT2D eigenvalue weighted by Gasteiger charge is -2.13. The van der Waals surface area contributed by atoms with E-state index in [0.29, 0.717) is 17.9 Å². The first kappa shape index (κ1) is 16.3. The molecule has 1 unspecified atom stereocenters. The van der Waals surface area contributed by atoms with Crippen molar-refractivity contribution in [2.24, 2.45) is 0 Å². The van der Waals surface area contributed by atoms with Gasteiger partial charge < -0.3 is 10.5 Å². The Labute approximate surface area is 120 Å². The molecule has 3 N–H and O–H groups in total. The molecule has 0 aliphatic heterocycles.